The molecule has 0 saturated heterocycles. The van der Waals surface area contributed by atoms with Gasteiger partial charge in [-0.15, -0.1) is 0 Å². The molecule has 0 heterocycles. The summed E-state index contributed by atoms with van der Waals surface area (Å²) in [5.74, 6) is 0. The molecule has 0 N–H and O–H groups in total. The van der Waals surface area contributed by atoms with E-state index in [0.29, 0.717) is 5.56 Å². The topological polar surface area (TPSA) is 27.0 Å². The van der Waals surface area contributed by atoms with Gasteiger partial charge in [0.1, 0.15) is 0 Å². The normalized spacial score (nSPS) is 9.83. The van der Waals surface area contributed by atoms with Crippen LogP contribution in [0.15, 0.2) is 53.0 Å². The van der Waals surface area contributed by atoms with Crippen LogP contribution in [-0.4, -0.2) is 7.05 Å². The van der Waals surface area contributed by atoms with Crippen LogP contribution in [0, 0.1) is 11.3 Å². The summed E-state index contributed by atoms with van der Waals surface area (Å²) in [5.41, 5.74) is 2.95. The highest BCUT2D eigenvalue weighted by molar-refractivity contribution is 9.10. The zero-order chi connectivity index (χ0) is 13.0. The fraction of sp³-hybridized carbons (Fsp3) is 0.133. The van der Waals surface area contributed by atoms with Crippen molar-refractivity contribution in [3.63, 3.8) is 0 Å². The average molecular weight is 301 g/mol. The second-order valence-corrected chi connectivity index (χ2v) is 5.07. The Labute approximate surface area is 116 Å². The molecule has 0 aliphatic heterocycles. The first kappa shape index (κ1) is 12.7. The molecule has 2 aromatic carbocycles. The summed E-state index contributed by atoms with van der Waals surface area (Å²) in [6, 6.07) is 18.2. The van der Waals surface area contributed by atoms with Gasteiger partial charge in [0.05, 0.1) is 11.6 Å². The Hall–Kier alpha value is -1.79. The Bertz CT molecular complexity index is 573. The molecular formula is C15H13BrN2. The summed E-state index contributed by atoms with van der Waals surface area (Å²) < 4.78 is 0.927. The number of anilines is 1. The minimum absolute atomic E-state index is 0.666. The third-order valence-corrected chi connectivity index (χ3v) is 3.17. The fourth-order valence-electron chi connectivity index (χ4n) is 1.81. The molecule has 0 aliphatic carbocycles. The maximum absolute atomic E-state index is 8.97. The van der Waals surface area contributed by atoms with Crippen LogP contribution < -0.4 is 4.90 Å². The highest BCUT2D eigenvalue weighted by atomic mass is 79.9. The summed E-state index contributed by atoms with van der Waals surface area (Å²) in [6.07, 6.45) is 0. The fourth-order valence-corrected chi connectivity index (χ4v) is 2.29. The number of nitriles is 1. The average Bonchev–Trinajstić information content (AvgIpc) is 2.39. The smallest absolute Gasteiger partial charge is 0.0992 e. The number of nitrogens with zero attached hydrogens (tertiary/aromatic N) is 2. The monoisotopic (exact) mass is 300 g/mol. The van der Waals surface area contributed by atoms with E-state index in [1.807, 2.05) is 43.4 Å². The zero-order valence-corrected chi connectivity index (χ0v) is 11.7. The third kappa shape index (κ3) is 3.12. The molecule has 0 aliphatic rings. The predicted molar refractivity (Wildman–Crippen MR) is 77.4 cm³/mol. The van der Waals surface area contributed by atoms with Crippen LogP contribution >= 0.6 is 15.9 Å². The van der Waals surface area contributed by atoms with Crippen molar-refractivity contribution < 1.29 is 0 Å². The lowest BCUT2D eigenvalue weighted by atomic mass is 10.1. The van der Waals surface area contributed by atoms with Crippen molar-refractivity contribution in [2.45, 2.75) is 6.54 Å². The lowest BCUT2D eigenvalue weighted by Crippen LogP contribution is -2.16. The molecule has 90 valence electrons. The van der Waals surface area contributed by atoms with E-state index >= 15 is 0 Å². The maximum Gasteiger partial charge on any atom is 0.0992 e. The van der Waals surface area contributed by atoms with Crippen LogP contribution in [0.2, 0.25) is 0 Å². The molecule has 0 saturated carbocycles. The van der Waals surface area contributed by atoms with Crippen molar-refractivity contribution >= 4 is 21.6 Å². The highest BCUT2D eigenvalue weighted by Crippen LogP contribution is 2.23. The SMILES string of the molecule is CN(Cc1ccccc1)c1cc(Br)cc(C#N)c1. The Morgan fingerprint density at radius 1 is 1.17 bits per heavy atom. The van der Waals surface area contributed by atoms with Gasteiger partial charge in [-0.2, -0.15) is 5.26 Å². The van der Waals surface area contributed by atoms with E-state index in [4.69, 9.17) is 5.26 Å². The van der Waals surface area contributed by atoms with Crippen molar-refractivity contribution in [3.05, 3.63) is 64.1 Å². The molecule has 0 radical (unpaired) electrons. The van der Waals surface area contributed by atoms with Crippen LogP contribution in [0.5, 0.6) is 0 Å². The molecule has 0 aromatic heterocycles. The predicted octanol–water partition coefficient (Wildman–Crippen LogP) is 3.96. The maximum atomic E-state index is 8.97. The van der Waals surface area contributed by atoms with Crippen molar-refractivity contribution in [1.29, 1.82) is 5.26 Å². The second-order valence-electron chi connectivity index (χ2n) is 4.15. The van der Waals surface area contributed by atoms with Crippen molar-refractivity contribution in [1.82, 2.24) is 0 Å². The van der Waals surface area contributed by atoms with E-state index < -0.39 is 0 Å². The van der Waals surface area contributed by atoms with Crippen LogP contribution in [0.1, 0.15) is 11.1 Å². The summed E-state index contributed by atoms with van der Waals surface area (Å²) in [7, 11) is 2.02. The van der Waals surface area contributed by atoms with Gasteiger partial charge in [-0.05, 0) is 23.8 Å². The van der Waals surface area contributed by atoms with Crippen molar-refractivity contribution in [2.75, 3.05) is 11.9 Å². The van der Waals surface area contributed by atoms with Crippen molar-refractivity contribution in [3.8, 4) is 6.07 Å². The molecule has 2 aromatic rings. The Morgan fingerprint density at radius 2 is 1.89 bits per heavy atom. The van der Waals surface area contributed by atoms with Gasteiger partial charge in [0.25, 0.3) is 0 Å². The standard InChI is InChI=1S/C15H13BrN2/c1-18(11-12-5-3-2-4-6-12)15-8-13(10-17)7-14(16)9-15/h2-9H,11H2,1H3. The Balaban J connectivity index is 2.21. The summed E-state index contributed by atoms with van der Waals surface area (Å²) >= 11 is 3.43. The van der Waals surface area contributed by atoms with E-state index in [1.54, 1.807) is 0 Å². The number of halogens is 1. The molecule has 3 heteroatoms. The molecule has 0 bridgehead atoms. The minimum Gasteiger partial charge on any atom is -0.370 e. The molecule has 0 atom stereocenters. The molecule has 0 spiro atoms. The third-order valence-electron chi connectivity index (χ3n) is 2.71. The summed E-state index contributed by atoms with van der Waals surface area (Å²) in [5, 5.41) is 8.97. The zero-order valence-electron chi connectivity index (χ0n) is 10.1. The molecular weight excluding hydrogens is 288 g/mol. The Kier molecular flexibility index (Phi) is 4.01. The van der Waals surface area contributed by atoms with Gasteiger partial charge in [-0.3, -0.25) is 0 Å². The van der Waals surface area contributed by atoms with E-state index in [-0.39, 0.29) is 0 Å². The quantitative estimate of drug-likeness (QED) is 0.858. The van der Waals surface area contributed by atoms with Crippen LogP contribution in [0.4, 0.5) is 5.69 Å². The largest absolute Gasteiger partial charge is 0.370 e. The van der Waals surface area contributed by atoms with Gasteiger partial charge in [-0.1, -0.05) is 46.3 Å². The number of hydrogen-bond donors (Lipinski definition) is 0. The molecule has 0 amide bonds. The molecule has 18 heavy (non-hydrogen) atoms. The first-order chi connectivity index (χ1) is 8.69. The second kappa shape index (κ2) is 5.70. The lowest BCUT2D eigenvalue weighted by molar-refractivity contribution is 0.922. The Morgan fingerprint density at radius 3 is 2.56 bits per heavy atom. The van der Waals surface area contributed by atoms with Gasteiger partial charge in [0.15, 0.2) is 0 Å². The number of rotatable bonds is 3. The van der Waals surface area contributed by atoms with Crippen LogP contribution in [-0.2, 0) is 6.54 Å². The number of hydrogen-bond acceptors (Lipinski definition) is 2. The summed E-state index contributed by atoms with van der Waals surface area (Å²) in [6.45, 7) is 0.822. The van der Waals surface area contributed by atoms with Crippen LogP contribution in [0.3, 0.4) is 0 Å². The lowest BCUT2D eigenvalue weighted by Gasteiger charge is -2.20. The van der Waals surface area contributed by atoms with Crippen LogP contribution in [0.25, 0.3) is 0 Å². The summed E-state index contributed by atoms with van der Waals surface area (Å²) in [4.78, 5) is 2.13. The van der Waals surface area contributed by atoms with Crippen molar-refractivity contribution in [2.24, 2.45) is 0 Å². The van der Waals surface area contributed by atoms with E-state index in [2.05, 4.69) is 39.0 Å². The van der Waals surface area contributed by atoms with Gasteiger partial charge >= 0.3 is 0 Å². The van der Waals surface area contributed by atoms with E-state index in [0.717, 1.165) is 16.7 Å². The van der Waals surface area contributed by atoms with Gasteiger partial charge in [-0.25, -0.2) is 0 Å². The first-order valence-corrected chi connectivity index (χ1v) is 6.44. The van der Waals surface area contributed by atoms with Gasteiger partial charge < -0.3 is 4.90 Å². The molecule has 2 nitrogen and oxygen atoms in total. The first-order valence-electron chi connectivity index (χ1n) is 5.65. The van der Waals surface area contributed by atoms with E-state index in [1.165, 1.54) is 5.56 Å². The molecule has 0 fully saturated rings. The molecule has 2 rings (SSSR count). The molecule has 0 unspecified atom stereocenters. The highest BCUT2D eigenvalue weighted by Gasteiger charge is 2.05. The van der Waals surface area contributed by atoms with Gasteiger partial charge in [0, 0.05) is 23.8 Å². The number of benzene rings is 2. The minimum atomic E-state index is 0.666. The van der Waals surface area contributed by atoms with E-state index in [9.17, 15) is 0 Å². The van der Waals surface area contributed by atoms with Gasteiger partial charge in [0.2, 0.25) is 0 Å².